The maximum atomic E-state index is 10.3. The zero-order valence-electron chi connectivity index (χ0n) is 6.19. The number of halogens is 1. The van der Waals surface area contributed by atoms with Crippen LogP contribution in [0.2, 0.25) is 0 Å². The van der Waals surface area contributed by atoms with Crippen LogP contribution < -0.4 is 5.73 Å². The Morgan fingerprint density at radius 2 is 2.36 bits per heavy atom. The highest BCUT2D eigenvalue weighted by Gasteiger charge is 2.24. The number of nitrogens with two attached hydrogens (primary N) is 1. The molecule has 1 amide bonds. The monoisotopic (exact) mass is 180 g/mol. The summed E-state index contributed by atoms with van der Waals surface area (Å²) in [4.78, 5) is 11.8. The number of amides is 1. The Bertz CT molecular complexity index is 143. The lowest BCUT2D eigenvalue weighted by atomic mass is 10.1. The van der Waals surface area contributed by atoms with Crippen LogP contribution in [0, 0.1) is 5.92 Å². The highest BCUT2D eigenvalue weighted by atomic mass is 35.5. The summed E-state index contributed by atoms with van der Waals surface area (Å²) in [5.41, 5.74) is 5.38. The second kappa shape index (κ2) is 4.41. The van der Waals surface area contributed by atoms with E-state index in [9.17, 15) is 4.79 Å². The van der Waals surface area contributed by atoms with Crippen molar-refractivity contribution in [3.63, 3.8) is 0 Å². The van der Waals surface area contributed by atoms with Crippen molar-refractivity contribution in [1.29, 1.82) is 0 Å². The molecule has 1 atom stereocenters. The van der Waals surface area contributed by atoms with E-state index in [0.717, 1.165) is 6.42 Å². The molecule has 0 bridgehead atoms. The fraction of sp³-hybridized carbons (Fsp3) is 0.833. The molecule has 11 heavy (non-hydrogen) atoms. The molecule has 0 radical (unpaired) electrons. The van der Waals surface area contributed by atoms with Crippen LogP contribution in [-0.4, -0.2) is 35.7 Å². The van der Waals surface area contributed by atoms with Gasteiger partial charge in [-0.05, 0) is 18.9 Å². The van der Waals surface area contributed by atoms with Crippen molar-refractivity contribution in [2.24, 2.45) is 11.7 Å². The zero-order chi connectivity index (χ0) is 7.56. The van der Waals surface area contributed by atoms with Gasteiger partial charge in [0.2, 0.25) is 0 Å². The van der Waals surface area contributed by atoms with E-state index in [4.69, 9.17) is 10.8 Å². The van der Waals surface area contributed by atoms with Crippen LogP contribution in [0.5, 0.6) is 0 Å². The van der Waals surface area contributed by atoms with Gasteiger partial charge in [0.05, 0.1) is 0 Å². The van der Waals surface area contributed by atoms with E-state index in [0.29, 0.717) is 25.6 Å². The van der Waals surface area contributed by atoms with Gasteiger partial charge >= 0.3 is 6.09 Å². The first-order valence-electron chi connectivity index (χ1n) is 3.42. The zero-order valence-corrected chi connectivity index (χ0v) is 7.01. The van der Waals surface area contributed by atoms with Crippen LogP contribution in [0.1, 0.15) is 6.42 Å². The molecule has 1 aliphatic heterocycles. The SMILES string of the molecule is Cl.NCC1CCN(C(=O)O)C1. The number of rotatable bonds is 1. The molecule has 0 aliphatic carbocycles. The summed E-state index contributed by atoms with van der Waals surface area (Å²) in [5.74, 6) is 0.385. The molecule has 66 valence electrons. The van der Waals surface area contributed by atoms with Crippen LogP contribution in [0.3, 0.4) is 0 Å². The van der Waals surface area contributed by atoms with Gasteiger partial charge in [0.15, 0.2) is 0 Å². The maximum Gasteiger partial charge on any atom is 0.407 e. The molecule has 1 rings (SSSR count). The number of hydrogen-bond acceptors (Lipinski definition) is 2. The number of carbonyl (C=O) groups is 1. The van der Waals surface area contributed by atoms with Crippen LogP contribution in [-0.2, 0) is 0 Å². The van der Waals surface area contributed by atoms with Crippen molar-refractivity contribution in [2.75, 3.05) is 19.6 Å². The highest BCUT2D eigenvalue weighted by Crippen LogP contribution is 2.13. The van der Waals surface area contributed by atoms with Gasteiger partial charge in [-0.25, -0.2) is 4.79 Å². The van der Waals surface area contributed by atoms with Crippen LogP contribution in [0.15, 0.2) is 0 Å². The van der Waals surface area contributed by atoms with Crippen molar-refractivity contribution in [2.45, 2.75) is 6.42 Å². The predicted octanol–water partition coefficient (Wildman–Crippen LogP) is 0.367. The number of hydrogen-bond donors (Lipinski definition) is 2. The van der Waals surface area contributed by atoms with Gasteiger partial charge in [0.25, 0.3) is 0 Å². The van der Waals surface area contributed by atoms with Crippen molar-refractivity contribution in [3.05, 3.63) is 0 Å². The Hall–Kier alpha value is -0.480. The number of likely N-dealkylation sites (tertiary alicyclic amines) is 1. The summed E-state index contributed by atoms with van der Waals surface area (Å²) in [6.45, 7) is 1.87. The maximum absolute atomic E-state index is 10.3. The van der Waals surface area contributed by atoms with Gasteiger partial charge in [0.1, 0.15) is 0 Å². The molecular weight excluding hydrogens is 168 g/mol. The van der Waals surface area contributed by atoms with Crippen LogP contribution in [0.25, 0.3) is 0 Å². The lowest BCUT2D eigenvalue weighted by Crippen LogP contribution is -2.27. The highest BCUT2D eigenvalue weighted by molar-refractivity contribution is 5.85. The van der Waals surface area contributed by atoms with Crippen LogP contribution in [0.4, 0.5) is 4.79 Å². The summed E-state index contributed by atoms with van der Waals surface area (Å²) in [7, 11) is 0. The van der Waals surface area contributed by atoms with E-state index in [1.54, 1.807) is 0 Å². The molecule has 0 spiro atoms. The normalized spacial score (nSPS) is 23.0. The standard InChI is InChI=1S/C6H12N2O2.ClH/c7-3-5-1-2-8(4-5)6(9)10;/h5H,1-4,7H2,(H,9,10);1H. The summed E-state index contributed by atoms with van der Waals surface area (Å²) in [5, 5.41) is 8.51. The Labute approximate surface area is 71.8 Å². The fourth-order valence-corrected chi connectivity index (χ4v) is 1.20. The molecule has 1 saturated heterocycles. The molecule has 1 aliphatic rings. The second-order valence-corrected chi connectivity index (χ2v) is 2.62. The van der Waals surface area contributed by atoms with Crippen molar-refractivity contribution in [1.82, 2.24) is 4.90 Å². The Balaban J connectivity index is 0.000001000. The van der Waals surface area contributed by atoms with Crippen molar-refractivity contribution >= 4 is 18.5 Å². The summed E-state index contributed by atoms with van der Waals surface area (Å²) in [6.07, 6.45) is 0.0963. The molecule has 0 aromatic carbocycles. The molecule has 0 aromatic heterocycles. The van der Waals surface area contributed by atoms with Gasteiger partial charge in [-0.3, -0.25) is 0 Å². The Morgan fingerprint density at radius 3 is 2.64 bits per heavy atom. The van der Waals surface area contributed by atoms with E-state index in [2.05, 4.69) is 0 Å². The second-order valence-electron chi connectivity index (χ2n) is 2.62. The molecule has 0 aromatic rings. The smallest absolute Gasteiger partial charge is 0.407 e. The summed E-state index contributed by atoms with van der Waals surface area (Å²) in [6, 6.07) is 0. The van der Waals surface area contributed by atoms with Gasteiger partial charge < -0.3 is 15.7 Å². The minimum absolute atomic E-state index is 0. The van der Waals surface area contributed by atoms with Gasteiger partial charge in [-0.1, -0.05) is 0 Å². The van der Waals surface area contributed by atoms with Crippen LogP contribution >= 0.6 is 12.4 Å². The lowest BCUT2D eigenvalue weighted by molar-refractivity contribution is 0.154. The summed E-state index contributed by atoms with van der Waals surface area (Å²) < 4.78 is 0. The first-order valence-corrected chi connectivity index (χ1v) is 3.42. The molecule has 1 unspecified atom stereocenters. The Morgan fingerprint density at radius 1 is 1.73 bits per heavy atom. The number of nitrogens with zero attached hydrogens (tertiary/aromatic N) is 1. The lowest BCUT2D eigenvalue weighted by Gasteiger charge is -2.10. The molecule has 1 fully saturated rings. The van der Waals surface area contributed by atoms with E-state index in [1.807, 2.05) is 0 Å². The Kier molecular flexibility index (Phi) is 4.22. The van der Waals surface area contributed by atoms with Gasteiger partial charge in [-0.15, -0.1) is 12.4 Å². The average molecular weight is 181 g/mol. The minimum Gasteiger partial charge on any atom is -0.465 e. The molecule has 5 heteroatoms. The number of carboxylic acid groups (broad SMARTS) is 1. The molecular formula is C6H13ClN2O2. The molecule has 1 heterocycles. The first-order chi connectivity index (χ1) is 4.74. The summed E-state index contributed by atoms with van der Waals surface area (Å²) >= 11 is 0. The van der Waals surface area contributed by atoms with E-state index in [-0.39, 0.29) is 12.4 Å². The van der Waals surface area contributed by atoms with Crippen molar-refractivity contribution < 1.29 is 9.90 Å². The largest absolute Gasteiger partial charge is 0.465 e. The van der Waals surface area contributed by atoms with Crippen molar-refractivity contribution in [3.8, 4) is 0 Å². The first kappa shape index (κ1) is 10.5. The predicted molar refractivity (Wildman–Crippen MR) is 44.0 cm³/mol. The third-order valence-corrected chi connectivity index (χ3v) is 1.89. The van der Waals surface area contributed by atoms with Gasteiger partial charge in [0, 0.05) is 13.1 Å². The quantitative estimate of drug-likeness (QED) is 0.613. The molecule has 0 saturated carbocycles. The molecule has 3 N–H and O–H groups in total. The molecule has 4 nitrogen and oxygen atoms in total. The third kappa shape index (κ3) is 2.55. The average Bonchev–Trinajstić information content (AvgIpc) is 2.34. The van der Waals surface area contributed by atoms with E-state index < -0.39 is 6.09 Å². The minimum atomic E-state index is -0.823. The van der Waals surface area contributed by atoms with Gasteiger partial charge in [-0.2, -0.15) is 0 Å². The fourth-order valence-electron chi connectivity index (χ4n) is 1.20. The van der Waals surface area contributed by atoms with E-state index >= 15 is 0 Å². The topological polar surface area (TPSA) is 66.6 Å². The third-order valence-electron chi connectivity index (χ3n) is 1.89. The van der Waals surface area contributed by atoms with E-state index in [1.165, 1.54) is 4.90 Å².